The summed E-state index contributed by atoms with van der Waals surface area (Å²) in [6.07, 6.45) is 1.31. The van der Waals surface area contributed by atoms with Crippen LogP contribution < -0.4 is 5.73 Å². The number of benzene rings is 1. The second-order valence-electron chi connectivity index (χ2n) is 5.42. The molecule has 1 aliphatic rings. The predicted molar refractivity (Wildman–Crippen MR) is 80.9 cm³/mol. The second-order valence-corrected chi connectivity index (χ2v) is 5.42. The first-order valence-electron chi connectivity index (χ1n) is 7.51. The van der Waals surface area contributed by atoms with E-state index < -0.39 is 0 Å². The van der Waals surface area contributed by atoms with E-state index in [1.165, 1.54) is 43.7 Å². The molecule has 106 valence electrons. The molecule has 1 heterocycles. The van der Waals surface area contributed by atoms with E-state index >= 15 is 0 Å². The van der Waals surface area contributed by atoms with Crippen LogP contribution in [0.15, 0.2) is 24.3 Å². The van der Waals surface area contributed by atoms with Crippen LogP contribution in [0.25, 0.3) is 0 Å². The Hall–Kier alpha value is -0.900. The molecule has 0 bridgehead atoms. The number of rotatable bonds is 6. The van der Waals surface area contributed by atoms with Crippen LogP contribution in [0.5, 0.6) is 0 Å². The van der Waals surface area contributed by atoms with Gasteiger partial charge >= 0.3 is 0 Å². The lowest BCUT2D eigenvalue weighted by Gasteiger charge is -2.26. The molecule has 1 aromatic rings. The van der Waals surface area contributed by atoms with Crippen molar-refractivity contribution in [1.29, 1.82) is 0 Å². The third-order valence-corrected chi connectivity index (χ3v) is 4.24. The molecule has 2 N–H and O–H groups in total. The first kappa shape index (κ1) is 14.5. The molecule has 1 unspecified atom stereocenters. The molecule has 2 rings (SSSR count). The van der Waals surface area contributed by atoms with Crippen LogP contribution in [0.2, 0.25) is 0 Å². The summed E-state index contributed by atoms with van der Waals surface area (Å²) in [5.41, 5.74) is 8.24. The molecule has 3 nitrogen and oxygen atoms in total. The van der Waals surface area contributed by atoms with Crippen molar-refractivity contribution in [3.05, 3.63) is 35.4 Å². The van der Waals surface area contributed by atoms with Gasteiger partial charge in [-0.25, -0.2) is 0 Å². The lowest BCUT2D eigenvalue weighted by atomic mass is 10.1. The van der Waals surface area contributed by atoms with E-state index in [0.717, 1.165) is 12.6 Å². The Labute approximate surface area is 117 Å². The summed E-state index contributed by atoms with van der Waals surface area (Å²) in [5.74, 6) is 0. The topological polar surface area (TPSA) is 32.5 Å². The average molecular weight is 261 g/mol. The summed E-state index contributed by atoms with van der Waals surface area (Å²) >= 11 is 0. The normalized spacial score (nSPS) is 20.3. The Bertz CT molecular complexity index is 370. The Morgan fingerprint density at radius 3 is 2.37 bits per heavy atom. The number of nitrogens with zero attached hydrogens (tertiary/aromatic N) is 2. The molecule has 0 saturated carbocycles. The highest BCUT2D eigenvalue weighted by Gasteiger charge is 2.25. The van der Waals surface area contributed by atoms with E-state index in [9.17, 15) is 0 Å². The van der Waals surface area contributed by atoms with Gasteiger partial charge in [0.05, 0.1) is 0 Å². The maximum atomic E-state index is 5.63. The minimum absolute atomic E-state index is 0.633. The Morgan fingerprint density at radius 2 is 1.79 bits per heavy atom. The highest BCUT2D eigenvalue weighted by Crippen LogP contribution is 2.18. The largest absolute Gasteiger partial charge is 0.326 e. The number of hydrogen-bond acceptors (Lipinski definition) is 3. The van der Waals surface area contributed by atoms with Gasteiger partial charge in [0.15, 0.2) is 0 Å². The van der Waals surface area contributed by atoms with E-state index in [4.69, 9.17) is 5.73 Å². The molecule has 0 radical (unpaired) electrons. The molecule has 0 spiro atoms. The van der Waals surface area contributed by atoms with Gasteiger partial charge in [-0.05, 0) is 30.6 Å². The molecular formula is C16H27N3. The predicted octanol–water partition coefficient (Wildman–Crippen LogP) is 2.06. The number of likely N-dealkylation sites (tertiary alicyclic amines) is 1. The van der Waals surface area contributed by atoms with Gasteiger partial charge in [0.1, 0.15) is 0 Å². The molecule has 1 saturated heterocycles. The first-order chi connectivity index (χ1) is 9.26. The lowest BCUT2D eigenvalue weighted by molar-refractivity contribution is 0.209. The highest BCUT2D eigenvalue weighted by atomic mass is 15.2. The Kier molecular flexibility index (Phi) is 5.37. The molecule has 1 atom stereocenters. The number of likely N-dealkylation sites (N-methyl/N-ethyl adjacent to an activating group) is 1. The summed E-state index contributed by atoms with van der Waals surface area (Å²) in [5, 5.41) is 0. The summed E-state index contributed by atoms with van der Waals surface area (Å²) in [6.45, 7) is 11.0. The van der Waals surface area contributed by atoms with Crippen molar-refractivity contribution in [1.82, 2.24) is 9.80 Å². The van der Waals surface area contributed by atoms with Crippen molar-refractivity contribution >= 4 is 0 Å². The molecule has 3 heteroatoms. The molecule has 0 amide bonds. The summed E-state index contributed by atoms with van der Waals surface area (Å²) in [6, 6.07) is 9.47. The maximum absolute atomic E-state index is 5.63. The fourth-order valence-electron chi connectivity index (χ4n) is 3.03. The van der Waals surface area contributed by atoms with Crippen molar-refractivity contribution in [2.45, 2.75) is 39.4 Å². The van der Waals surface area contributed by atoms with Crippen LogP contribution >= 0.6 is 0 Å². The van der Waals surface area contributed by atoms with Crippen molar-refractivity contribution in [2.24, 2.45) is 5.73 Å². The maximum Gasteiger partial charge on any atom is 0.0235 e. The molecule has 0 aliphatic carbocycles. The van der Waals surface area contributed by atoms with Crippen molar-refractivity contribution in [3.8, 4) is 0 Å². The van der Waals surface area contributed by atoms with Gasteiger partial charge in [0, 0.05) is 32.2 Å². The Balaban J connectivity index is 1.87. The summed E-state index contributed by atoms with van der Waals surface area (Å²) in [4.78, 5) is 5.15. The van der Waals surface area contributed by atoms with Crippen molar-refractivity contribution in [2.75, 3.05) is 26.2 Å². The third kappa shape index (κ3) is 3.78. The fourth-order valence-corrected chi connectivity index (χ4v) is 3.03. The second kappa shape index (κ2) is 7.04. The van der Waals surface area contributed by atoms with Gasteiger partial charge in [-0.3, -0.25) is 9.80 Å². The molecular weight excluding hydrogens is 234 g/mol. The van der Waals surface area contributed by atoms with Crippen molar-refractivity contribution < 1.29 is 0 Å². The van der Waals surface area contributed by atoms with Crippen LogP contribution in [0.3, 0.4) is 0 Å². The van der Waals surface area contributed by atoms with Gasteiger partial charge in [-0.2, -0.15) is 0 Å². The van der Waals surface area contributed by atoms with Crippen LogP contribution in [0.4, 0.5) is 0 Å². The number of nitrogens with two attached hydrogens (primary N) is 1. The van der Waals surface area contributed by atoms with Gasteiger partial charge in [0.25, 0.3) is 0 Å². The Morgan fingerprint density at radius 1 is 1.16 bits per heavy atom. The van der Waals surface area contributed by atoms with E-state index in [1.54, 1.807) is 0 Å². The summed E-state index contributed by atoms with van der Waals surface area (Å²) in [7, 11) is 0. The van der Waals surface area contributed by atoms with E-state index in [1.807, 2.05) is 0 Å². The molecule has 1 aliphatic heterocycles. The number of hydrogen-bond donors (Lipinski definition) is 1. The third-order valence-electron chi connectivity index (χ3n) is 4.24. The van der Waals surface area contributed by atoms with Crippen molar-refractivity contribution in [3.63, 3.8) is 0 Å². The molecule has 19 heavy (non-hydrogen) atoms. The fraction of sp³-hybridized carbons (Fsp3) is 0.625. The van der Waals surface area contributed by atoms with E-state index in [2.05, 4.69) is 47.9 Å². The zero-order valence-corrected chi connectivity index (χ0v) is 12.3. The van der Waals surface area contributed by atoms with E-state index in [-0.39, 0.29) is 0 Å². The standard InChI is InChI=1S/C16H27N3/c1-3-19(4-2)16-9-10-18(13-16)12-15-7-5-14(11-17)6-8-15/h5-8,16H,3-4,9-13,17H2,1-2H3. The minimum atomic E-state index is 0.633. The quantitative estimate of drug-likeness (QED) is 0.851. The van der Waals surface area contributed by atoms with Crippen LogP contribution in [-0.4, -0.2) is 42.0 Å². The van der Waals surface area contributed by atoms with Crippen LogP contribution in [0, 0.1) is 0 Å². The monoisotopic (exact) mass is 261 g/mol. The summed E-state index contributed by atoms with van der Waals surface area (Å²) < 4.78 is 0. The average Bonchev–Trinajstić information content (AvgIpc) is 2.89. The van der Waals surface area contributed by atoms with Gasteiger partial charge < -0.3 is 5.73 Å². The van der Waals surface area contributed by atoms with Gasteiger partial charge in [0.2, 0.25) is 0 Å². The lowest BCUT2D eigenvalue weighted by Crippen LogP contribution is -2.37. The molecule has 1 fully saturated rings. The smallest absolute Gasteiger partial charge is 0.0235 e. The zero-order chi connectivity index (χ0) is 13.7. The van der Waals surface area contributed by atoms with Crippen LogP contribution in [0.1, 0.15) is 31.4 Å². The van der Waals surface area contributed by atoms with Crippen LogP contribution in [-0.2, 0) is 13.1 Å². The van der Waals surface area contributed by atoms with E-state index in [0.29, 0.717) is 6.54 Å². The minimum Gasteiger partial charge on any atom is -0.326 e. The van der Waals surface area contributed by atoms with Gasteiger partial charge in [-0.1, -0.05) is 38.1 Å². The zero-order valence-electron chi connectivity index (χ0n) is 12.3. The SMILES string of the molecule is CCN(CC)C1CCN(Cc2ccc(CN)cc2)C1. The van der Waals surface area contributed by atoms with Gasteiger partial charge in [-0.15, -0.1) is 0 Å². The molecule has 0 aromatic heterocycles. The molecule has 1 aromatic carbocycles. The highest BCUT2D eigenvalue weighted by molar-refractivity contribution is 5.22. The first-order valence-corrected chi connectivity index (χ1v) is 7.51.